The van der Waals surface area contributed by atoms with Gasteiger partial charge in [-0.15, -0.1) is 0 Å². The van der Waals surface area contributed by atoms with Crippen LogP contribution >= 0.6 is 12.2 Å². The van der Waals surface area contributed by atoms with Crippen molar-refractivity contribution in [1.82, 2.24) is 15.1 Å². The van der Waals surface area contributed by atoms with Gasteiger partial charge in [0.15, 0.2) is 16.6 Å². The molecule has 2 aliphatic rings. The van der Waals surface area contributed by atoms with Crippen molar-refractivity contribution in [1.29, 1.82) is 0 Å². The lowest BCUT2D eigenvalue weighted by Crippen LogP contribution is -2.51. The molecule has 1 fully saturated rings. The van der Waals surface area contributed by atoms with Crippen molar-refractivity contribution in [2.45, 2.75) is 19.5 Å². The molecule has 27 heavy (non-hydrogen) atoms. The number of nitrogens with zero attached hydrogens (tertiary/aromatic N) is 2. The summed E-state index contributed by atoms with van der Waals surface area (Å²) >= 11 is 5.64. The molecule has 0 bridgehead atoms. The lowest BCUT2D eigenvalue weighted by Gasteiger charge is -2.37. The smallest absolute Gasteiger partial charge is 0.231 e. The maximum absolute atomic E-state index is 5.64. The highest BCUT2D eigenvalue weighted by atomic mass is 32.1. The van der Waals surface area contributed by atoms with Crippen LogP contribution in [0.15, 0.2) is 48.5 Å². The van der Waals surface area contributed by atoms with E-state index in [1.165, 1.54) is 11.1 Å². The second-order valence-electron chi connectivity index (χ2n) is 7.03. The summed E-state index contributed by atoms with van der Waals surface area (Å²) in [5.41, 5.74) is 2.51. The highest BCUT2D eigenvalue weighted by Gasteiger charge is 2.21. The molecule has 2 aromatic rings. The third kappa shape index (κ3) is 4.34. The third-order valence-corrected chi connectivity index (χ3v) is 5.52. The Morgan fingerprint density at radius 2 is 1.78 bits per heavy atom. The first kappa shape index (κ1) is 18.1. The Kier molecular flexibility index (Phi) is 5.45. The molecule has 0 spiro atoms. The molecule has 1 atom stereocenters. The molecule has 0 amide bonds. The summed E-state index contributed by atoms with van der Waals surface area (Å²) in [6.45, 7) is 7.27. The van der Waals surface area contributed by atoms with Crippen LogP contribution < -0.4 is 14.8 Å². The van der Waals surface area contributed by atoms with Gasteiger partial charge in [-0.1, -0.05) is 36.4 Å². The first-order valence-corrected chi connectivity index (χ1v) is 9.81. The molecule has 0 radical (unpaired) electrons. The number of benzene rings is 2. The second-order valence-corrected chi connectivity index (χ2v) is 7.42. The van der Waals surface area contributed by atoms with Gasteiger partial charge in [-0.25, -0.2) is 0 Å². The van der Waals surface area contributed by atoms with Crippen molar-refractivity contribution < 1.29 is 9.47 Å². The Bertz CT molecular complexity index is 791. The summed E-state index contributed by atoms with van der Waals surface area (Å²) in [6.07, 6.45) is 0. The number of thiocarbonyl (C=S) groups is 1. The number of rotatable bonds is 4. The molecule has 142 valence electrons. The van der Waals surface area contributed by atoms with E-state index in [1.807, 2.05) is 12.1 Å². The highest BCUT2D eigenvalue weighted by Crippen LogP contribution is 2.32. The number of piperazine rings is 1. The predicted molar refractivity (Wildman–Crippen MR) is 110 cm³/mol. The quantitative estimate of drug-likeness (QED) is 0.818. The summed E-state index contributed by atoms with van der Waals surface area (Å²) in [6, 6.07) is 16.8. The first-order chi connectivity index (χ1) is 13.2. The fourth-order valence-electron chi connectivity index (χ4n) is 3.51. The minimum absolute atomic E-state index is 0.213. The second kappa shape index (κ2) is 8.15. The van der Waals surface area contributed by atoms with Crippen LogP contribution in [0.25, 0.3) is 0 Å². The summed E-state index contributed by atoms with van der Waals surface area (Å²) < 4.78 is 10.9. The Morgan fingerprint density at radius 3 is 2.56 bits per heavy atom. The lowest BCUT2D eigenvalue weighted by molar-refractivity contribution is 0.172. The van der Waals surface area contributed by atoms with Gasteiger partial charge in [0.05, 0.1) is 6.04 Å². The highest BCUT2D eigenvalue weighted by molar-refractivity contribution is 7.80. The summed E-state index contributed by atoms with van der Waals surface area (Å²) in [5, 5.41) is 4.31. The van der Waals surface area contributed by atoms with Gasteiger partial charge in [-0.3, -0.25) is 4.90 Å². The van der Waals surface area contributed by atoms with Crippen LogP contribution in [0.2, 0.25) is 0 Å². The number of nitrogens with one attached hydrogen (secondary N) is 1. The van der Waals surface area contributed by atoms with Crippen molar-refractivity contribution in [2.75, 3.05) is 33.0 Å². The molecule has 0 saturated carbocycles. The third-order valence-electron chi connectivity index (χ3n) is 5.14. The predicted octanol–water partition coefficient (Wildman–Crippen LogP) is 3.17. The van der Waals surface area contributed by atoms with Crippen LogP contribution in [-0.2, 0) is 6.54 Å². The van der Waals surface area contributed by atoms with E-state index in [0.717, 1.165) is 49.3 Å². The van der Waals surface area contributed by atoms with Gasteiger partial charge in [0.25, 0.3) is 0 Å². The number of hydrogen-bond donors (Lipinski definition) is 1. The fourth-order valence-corrected chi connectivity index (χ4v) is 3.87. The Labute approximate surface area is 165 Å². The molecular weight excluding hydrogens is 358 g/mol. The topological polar surface area (TPSA) is 37.0 Å². The molecule has 0 unspecified atom stereocenters. The van der Waals surface area contributed by atoms with Gasteiger partial charge >= 0.3 is 0 Å². The zero-order valence-corrected chi connectivity index (χ0v) is 16.4. The zero-order chi connectivity index (χ0) is 18.6. The van der Waals surface area contributed by atoms with E-state index in [2.05, 4.69) is 58.4 Å². The van der Waals surface area contributed by atoms with Crippen molar-refractivity contribution in [2.24, 2.45) is 0 Å². The number of hydrogen-bond acceptors (Lipinski definition) is 4. The Hall–Kier alpha value is -2.31. The molecule has 2 aromatic carbocycles. The van der Waals surface area contributed by atoms with E-state index in [0.29, 0.717) is 6.79 Å². The molecule has 5 nitrogen and oxygen atoms in total. The maximum Gasteiger partial charge on any atom is 0.231 e. The SMILES string of the molecule is C[C@@H](NC(=S)N1CCN(Cc2ccc3c(c2)OCO3)CC1)c1ccccc1. The van der Waals surface area contributed by atoms with E-state index < -0.39 is 0 Å². The van der Waals surface area contributed by atoms with Crippen molar-refractivity contribution in [3.05, 3.63) is 59.7 Å². The fraction of sp³-hybridized carbons (Fsp3) is 0.381. The number of fused-ring (bicyclic) bond motifs is 1. The van der Waals surface area contributed by atoms with Crippen LogP contribution in [-0.4, -0.2) is 47.9 Å². The first-order valence-electron chi connectivity index (χ1n) is 9.40. The van der Waals surface area contributed by atoms with Crippen LogP contribution in [0.4, 0.5) is 0 Å². The molecule has 1 saturated heterocycles. The van der Waals surface area contributed by atoms with Crippen LogP contribution in [0.5, 0.6) is 11.5 Å². The summed E-state index contributed by atoms with van der Waals surface area (Å²) in [5.74, 6) is 1.69. The summed E-state index contributed by atoms with van der Waals surface area (Å²) in [7, 11) is 0. The van der Waals surface area contributed by atoms with Crippen molar-refractivity contribution in [3.8, 4) is 11.5 Å². The van der Waals surface area contributed by atoms with Gasteiger partial charge in [0.2, 0.25) is 6.79 Å². The van der Waals surface area contributed by atoms with Crippen molar-refractivity contribution in [3.63, 3.8) is 0 Å². The van der Waals surface area contributed by atoms with E-state index in [-0.39, 0.29) is 6.04 Å². The monoisotopic (exact) mass is 383 g/mol. The largest absolute Gasteiger partial charge is 0.454 e. The molecule has 1 N–H and O–H groups in total. The Morgan fingerprint density at radius 1 is 1.04 bits per heavy atom. The van der Waals surface area contributed by atoms with Crippen LogP contribution in [0, 0.1) is 0 Å². The Balaban J connectivity index is 1.26. The standard InChI is InChI=1S/C21H25N3O2S/c1-16(18-5-3-2-4-6-18)22-21(27)24-11-9-23(10-12-24)14-17-7-8-19-20(13-17)26-15-25-19/h2-8,13,16H,9-12,14-15H2,1H3,(H,22,27)/t16-/m1/s1. The molecule has 0 aromatic heterocycles. The minimum atomic E-state index is 0.213. The maximum atomic E-state index is 5.64. The van der Waals surface area contributed by atoms with Gasteiger partial charge in [-0.2, -0.15) is 0 Å². The van der Waals surface area contributed by atoms with E-state index in [9.17, 15) is 0 Å². The van der Waals surface area contributed by atoms with Gasteiger partial charge in [-0.05, 0) is 42.4 Å². The molecule has 2 aliphatic heterocycles. The minimum Gasteiger partial charge on any atom is -0.454 e. The lowest BCUT2D eigenvalue weighted by atomic mass is 10.1. The summed E-state index contributed by atoms with van der Waals surface area (Å²) in [4.78, 5) is 4.72. The average molecular weight is 384 g/mol. The molecule has 2 heterocycles. The van der Waals surface area contributed by atoms with Crippen LogP contribution in [0.3, 0.4) is 0 Å². The van der Waals surface area contributed by atoms with Gasteiger partial charge in [0, 0.05) is 32.7 Å². The molecular formula is C21H25N3O2S. The van der Waals surface area contributed by atoms with Crippen LogP contribution in [0.1, 0.15) is 24.1 Å². The van der Waals surface area contributed by atoms with Gasteiger partial charge < -0.3 is 19.7 Å². The molecule has 0 aliphatic carbocycles. The van der Waals surface area contributed by atoms with E-state index >= 15 is 0 Å². The van der Waals surface area contributed by atoms with E-state index in [4.69, 9.17) is 21.7 Å². The normalized spacial score (nSPS) is 17.6. The van der Waals surface area contributed by atoms with E-state index in [1.54, 1.807) is 0 Å². The molecule has 4 rings (SSSR count). The van der Waals surface area contributed by atoms with Crippen molar-refractivity contribution >= 4 is 17.3 Å². The average Bonchev–Trinajstić information content (AvgIpc) is 3.17. The molecule has 6 heteroatoms. The number of ether oxygens (including phenoxy) is 2. The zero-order valence-electron chi connectivity index (χ0n) is 15.6. The van der Waals surface area contributed by atoms with Gasteiger partial charge in [0.1, 0.15) is 0 Å².